The summed E-state index contributed by atoms with van der Waals surface area (Å²) in [5, 5.41) is 11.2. The minimum atomic E-state index is -0.800. The smallest absolute Gasteiger partial charge is 0.344 e. The molecule has 1 aliphatic rings. The zero-order chi connectivity index (χ0) is 28.8. The fraction of sp³-hybridized carbons (Fsp3) is 0.167. The molecule has 0 aliphatic carbocycles. The number of aryl methyl sites for hydroxylation is 1. The van der Waals surface area contributed by atoms with E-state index in [1.54, 1.807) is 61.5 Å². The number of benzene rings is 3. The van der Waals surface area contributed by atoms with Crippen molar-refractivity contribution < 1.29 is 33.3 Å². The van der Waals surface area contributed by atoms with E-state index in [9.17, 15) is 19.1 Å². The summed E-state index contributed by atoms with van der Waals surface area (Å²) in [6.07, 6.45) is 1.58. The Balaban J connectivity index is 1.65. The number of hydrogen-bond acceptors (Lipinski definition) is 7. The van der Waals surface area contributed by atoms with Gasteiger partial charge in [0, 0.05) is 5.56 Å². The summed E-state index contributed by atoms with van der Waals surface area (Å²) < 4.78 is 29.6. The summed E-state index contributed by atoms with van der Waals surface area (Å²) in [6.45, 7) is 3.74. The zero-order valence-electron chi connectivity index (χ0n) is 21.9. The van der Waals surface area contributed by atoms with E-state index in [2.05, 4.69) is 4.99 Å². The Morgan fingerprint density at radius 3 is 2.45 bits per heavy atom. The Morgan fingerprint density at radius 1 is 1.10 bits per heavy atom. The fourth-order valence-corrected chi connectivity index (χ4v) is 4.98. The molecule has 3 aromatic rings. The fourth-order valence-electron chi connectivity index (χ4n) is 3.70. The third-order valence-corrected chi connectivity index (χ3v) is 7.02. The highest BCUT2D eigenvalue weighted by molar-refractivity contribution is 8.18. The van der Waals surface area contributed by atoms with Crippen LogP contribution in [-0.2, 0) is 16.1 Å². The van der Waals surface area contributed by atoms with E-state index >= 15 is 0 Å². The van der Waals surface area contributed by atoms with Crippen molar-refractivity contribution in [2.45, 2.75) is 20.5 Å². The molecule has 4 rings (SSSR count). The minimum Gasteiger partial charge on any atom is -0.506 e. The SMILES string of the molecule is CCOC(=O)C1=C(O)/C(=C/c2cc(Cl)c(OCc3ccc(F)cc3)c(OC)c2)SC1=NC(=O)c1ccc(C)cc1. The number of carbonyl (C=O) groups is 2. The van der Waals surface area contributed by atoms with Crippen LogP contribution in [0, 0.1) is 12.7 Å². The lowest BCUT2D eigenvalue weighted by Crippen LogP contribution is -2.14. The number of hydrogen-bond donors (Lipinski definition) is 1. The van der Waals surface area contributed by atoms with Crippen molar-refractivity contribution in [2.75, 3.05) is 13.7 Å². The second kappa shape index (κ2) is 12.8. The number of nitrogens with zero attached hydrogens (tertiary/aromatic N) is 1. The van der Waals surface area contributed by atoms with Gasteiger partial charge in [-0.05, 0) is 67.4 Å². The first-order valence-electron chi connectivity index (χ1n) is 12.1. The quantitative estimate of drug-likeness (QED) is 0.284. The first-order chi connectivity index (χ1) is 19.2. The highest BCUT2D eigenvalue weighted by atomic mass is 35.5. The molecule has 0 fully saturated rings. The minimum absolute atomic E-state index is 0.0186. The molecule has 1 heterocycles. The Morgan fingerprint density at radius 2 is 1.80 bits per heavy atom. The van der Waals surface area contributed by atoms with E-state index in [0.29, 0.717) is 16.9 Å². The van der Waals surface area contributed by atoms with Crippen LogP contribution in [0.4, 0.5) is 4.39 Å². The average Bonchev–Trinajstić information content (AvgIpc) is 3.23. The largest absolute Gasteiger partial charge is 0.506 e. The van der Waals surface area contributed by atoms with Gasteiger partial charge < -0.3 is 19.3 Å². The second-order valence-electron chi connectivity index (χ2n) is 8.59. The van der Waals surface area contributed by atoms with Gasteiger partial charge in [0.25, 0.3) is 5.91 Å². The normalized spacial score (nSPS) is 15.0. The second-order valence-corrected chi connectivity index (χ2v) is 10.0. The molecule has 0 saturated heterocycles. The maximum atomic E-state index is 13.2. The molecule has 206 valence electrons. The molecule has 0 unspecified atom stereocenters. The number of esters is 1. The third kappa shape index (κ3) is 6.73. The molecule has 0 aromatic heterocycles. The molecule has 3 aromatic carbocycles. The van der Waals surface area contributed by atoms with E-state index in [-0.39, 0.29) is 51.1 Å². The first kappa shape index (κ1) is 28.9. The number of halogens is 2. The molecule has 1 aliphatic heterocycles. The van der Waals surface area contributed by atoms with Gasteiger partial charge >= 0.3 is 5.97 Å². The van der Waals surface area contributed by atoms with Crippen molar-refractivity contribution in [2.24, 2.45) is 4.99 Å². The van der Waals surface area contributed by atoms with Gasteiger partial charge in [0.1, 0.15) is 28.8 Å². The van der Waals surface area contributed by atoms with Crippen LogP contribution in [0.25, 0.3) is 6.08 Å². The third-order valence-electron chi connectivity index (χ3n) is 5.72. The van der Waals surface area contributed by atoms with Gasteiger partial charge in [0.2, 0.25) is 0 Å². The molecule has 0 saturated carbocycles. The van der Waals surface area contributed by atoms with Gasteiger partial charge in [-0.15, -0.1) is 0 Å². The Kier molecular flexibility index (Phi) is 9.29. The number of aliphatic hydroxyl groups is 1. The van der Waals surface area contributed by atoms with Crippen LogP contribution in [0.15, 0.2) is 81.9 Å². The highest BCUT2D eigenvalue weighted by Crippen LogP contribution is 2.42. The Labute approximate surface area is 239 Å². The molecular weight excluding hydrogens is 557 g/mol. The number of aliphatic imine (C=N–C) groups is 1. The summed E-state index contributed by atoms with van der Waals surface area (Å²) in [5.74, 6) is -1.48. The van der Waals surface area contributed by atoms with Crippen LogP contribution in [0.5, 0.6) is 11.5 Å². The molecule has 10 heteroatoms. The topological polar surface area (TPSA) is 94.4 Å². The molecule has 0 bridgehead atoms. The van der Waals surface area contributed by atoms with Crippen molar-refractivity contribution >= 4 is 46.4 Å². The highest BCUT2D eigenvalue weighted by Gasteiger charge is 2.34. The van der Waals surface area contributed by atoms with Gasteiger partial charge in [-0.2, -0.15) is 0 Å². The first-order valence-corrected chi connectivity index (χ1v) is 13.3. The van der Waals surface area contributed by atoms with Gasteiger partial charge in [0.15, 0.2) is 11.5 Å². The molecule has 1 N–H and O–H groups in total. The van der Waals surface area contributed by atoms with E-state index in [1.807, 2.05) is 6.92 Å². The summed E-state index contributed by atoms with van der Waals surface area (Å²) in [5.41, 5.74) is 2.39. The van der Waals surface area contributed by atoms with Crippen molar-refractivity contribution in [1.29, 1.82) is 0 Å². The zero-order valence-corrected chi connectivity index (χ0v) is 23.4. The van der Waals surface area contributed by atoms with Crippen LogP contribution in [0.1, 0.15) is 34.0 Å². The van der Waals surface area contributed by atoms with Crippen molar-refractivity contribution in [3.63, 3.8) is 0 Å². The van der Waals surface area contributed by atoms with Gasteiger partial charge in [-0.3, -0.25) is 4.79 Å². The summed E-state index contributed by atoms with van der Waals surface area (Å²) >= 11 is 7.46. The van der Waals surface area contributed by atoms with E-state index in [4.69, 9.17) is 25.8 Å². The van der Waals surface area contributed by atoms with Crippen molar-refractivity contribution in [1.82, 2.24) is 0 Å². The number of amides is 1. The van der Waals surface area contributed by atoms with Crippen LogP contribution in [0.3, 0.4) is 0 Å². The summed E-state index contributed by atoms with van der Waals surface area (Å²) in [6, 6.07) is 16.0. The maximum Gasteiger partial charge on any atom is 0.344 e. The molecule has 0 atom stereocenters. The van der Waals surface area contributed by atoms with E-state index < -0.39 is 11.9 Å². The lowest BCUT2D eigenvalue weighted by Gasteiger charge is -2.13. The monoisotopic (exact) mass is 581 g/mol. The number of rotatable bonds is 8. The Bertz CT molecular complexity index is 1530. The number of aliphatic hydroxyl groups excluding tert-OH is 1. The van der Waals surface area contributed by atoms with Crippen LogP contribution >= 0.6 is 23.4 Å². The van der Waals surface area contributed by atoms with E-state index in [0.717, 1.165) is 22.9 Å². The van der Waals surface area contributed by atoms with Crippen molar-refractivity contribution in [3.8, 4) is 11.5 Å². The van der Waals surface area contributed by atoms with E-state index in [1.165, 1.54) is 19.2 Å². The number of carbonyl (C=O) groups excluding carboxylic acids is 2. The summed E-state index contributed by atoms with van der Waals surface area (Å²) in [4.78, 5) is 29.9. The Hall–Kier alpha value is -4.08. The molecule has 1 amide bonds. The van der Waals surface area contributed by atoms with Crippen LogP contribution < -0.4 is 9.47 Å². The molecule has 40 heavy (non-hydrogen) atoms. The molecule has 7 nitrogen and oxygen atoms in total. The van der Waals surface area contributed by atoms with Gasteiger partial charge in [0.05, 0.1) is 23.6 Å². The van der Waals surface area contributed by atoms with Crippen LogP contribution in [-0.4, -0.2) is 35.7 Å². The van der Waals surface area contributed by atoms with Gasteiger partial charge in [-0.1, -0.05) is 53.2 Å². The standard InChI is InChI=1S/C30H25ClFNO6S/c1-4-38-30(36)25-26(34)24(40-29(25)33-28(35)20-9-5-17(2)6-10-20)15-19-13-22(31)27(23(14-19)37-3)39-16-18-7-11-21(32)12-8-18/h5-15,34H,4,16H2,1-3H3/b24-15-,33-29?. The van der Waals surface area contributed by atoms with Crippen molar-refractivity contribution in [3.05, 3.63) is 110 Å². The maximum absolute atomic E-state index is 13.2. The van der Waals surface area contributed by atoms with Gasteiger partial charge in [-0.25, -0.2) is 14.2 Å². The molecular formula is C30H25ClFNO6S. The molecule has 0 spiro atoms. The number of ether oxygens (including phenoxy) is 3. The summed E-state index contributed by atoms with van der Waals surface area (Å²) in [7, 11) is 1.45. The lowest BCUT2D eigenvalue weighted by molar-refractivity contribution is -0.138. The average molecular weight is 582 g/mol. The molecule has 0 radical (unpaired) electrons. The number of thioether (sulfide) groups is 1. The predicted molar refractivity (Wildman–Crippen MR) is 154 cm³/mol. The van der Waals surface area contributed by atoms with Crippen LogP contribution in [0.2, 0.25) is 5.02 Å². The lowest BCUT2D eigenvalue weighted by atomic mass is 10.1. The predicted octanol–water partition coefficient (Wildman–Crippen LogP) is 7.08. The number of methoxy groups -OCH3 is 1.